The fraction of sp³-hybridized carbons (Fsp3) is 0.647. The molecule has 0 saturated heterocycles. The van der Waals surface area contributed by atoms with Crippen LogP contribution in [0.25, 0.3) is 0 Å². The second-order valence-electron chi connectivity index (χ2n) is 5.52. The van der Waals surface area contributed by atoms with Crippen LogP contribution in [0.4, 0.5) is 0 Å². The van der Waals surface area contributed by atoms with E-state index in [1.54, 1.807) is 0 Å². The molecule has 0 amide bonds. The molecule has 114 valence electrons. The Morgan fingerprint density at radius 1 is 1.15 bits per heavy atom. The third kappa shape index (κ3) is 6.04. The zero-order chi connectivity index (χ0) is 14.8. The summed E-state index contributed by atoms with van der Waals surface area (Å²) >= 11 is 0. The number of benzene rings is 1. The first-order valence-electron chi connectivity index (χ1n) is 7.82. The molecule has 0 bridgehead atoms. The van der Waals surface area contributed by atoms with Gasteiger partial charge in [0.15, 0.2) is 0 Å². The first kappa shape index (κ1) is 17.2. The van der Waals surface area contributed by atoms with Crippen LogP contribution in [-0.2, 0) is 0 Å². The van der Waals surface area contributed by atoms with Crippen molar-refractivity contribution in [1.82, 2.24) is 10.2 Å². The first-order chi connectivity index (χ1) is 9.69. The number of aliphatic hydroxyl groups excluding tert-OH is 1. The van der Waals surface area contributed by atoms with Gasteiger partial charge in [-0.2, -0.15) is 0 Å². The number of hydrogen-bond acceptors (Lipinski definition) is 3. The topological polar surface area (TPSA) is 35.5 Å². The summed E-state index contributed by atoms with van der Waals surface area (Å²) in [6, 6.07) is 11.6. The number of nitrogens with one attached hydrogen (secondary N) is 1. The highest BCUT2D eigenvalue weighted by Gasteiger charge is 2.14. The van der Waals surface area contributed by atoms with Crippen molar-refractivity contribution < 1.29 is 5.11 Å². The van der Waals surface area contributed by atoms with Gasteiger partial charge in [0.25, 0.3) is 0 Å². The molecule has 1 unspecified atom stereocenters. The van der Waals surface area contributed by atoms with Crippen LogP contribution in [0, 0.1) is 0 Å². The van der Waals surface area contributed by atoms with Gasteiger partial charge in [0.05, 0.1) is 0 Å². The van der Waals surface area contributed by atoms with Gasteiger partial charge < -0.3 is 15.3 Å². The molecule has 0 aliphatic carbocycles. The Bertz CT molecular complexity index is 340. The van der Waals surface area contributed by atoms with Crippen LogP contribution in [0.3, 0.4) is 0 Å². The third-order valence-corrected chi connectivity index (χ3v) is 3.69. The molecular weight excluding hydrogens is 248 g/mol. The monoisotopic (exact) mass is 278 g/mol. The smallest absolute Gasteiger partial charge is 0.0443 e. The molecule has 3 heteroatoms. The molecular formula is C17H30N2O. The molecule has 3 nitrogen and oxygen atoms in total. The van der Waals surface area contributed by atoms with Gasteiger partial charge >= 0.3 is 0 Å². The lowest BCUT2D eigenvalue weighted by atomic mass is 10.0. The summed E-state index contributed by atoms with van der Waals surface area (Å²) in [6.07, 6.45) is 1.96. The summed E-state index contributed by atoms with van der Waals surface area (Å²) in [6.45, 7) is 9.90. The minimum atomic E-state index is 0.276. The lowest BCUT2D eigenvalue weighted by Crippen LogP contribution is -2.35. The van der Waals surface area contributed by atoms with E-state index in [2.05, 4.69) is 61.3 Å². The van der Waals surface area contributed by atoms with Gasteiger partial charge in [-0.25, -0.2) is 0 Å². The summed E-state index contributed by atoms with van der Waals surface area (Å²) in [5.41, 5.74) is 1.36. The SMILES string of the molecule is CCNC(CCN(CCCO)C(C)C)c1ccccc1. The van der Waals surface area contributed by atoms with E-state index in [-0.39, 0.29) is 6.61 Å². The zero-order valence-corrected chi connectivity index (χ0v) is 13.2. The third-order valence-electron chi connectivity index (χ3n) is 3.69. The highest BCUT2D eigenvalue weighted by molar-refractivity contribution is 5.18. The predicted octanol–water partition coefficient (Wildman–Crippen LogP) is 2.82. The fourth-order valence-corrected chi connectivity index (χ4v) is 2.52. The van der Waals surface area contributed by atoms with Crippen molar-refractivity contribution in [2.45, 2.75) is 45.7 Å². The van der Waals surface area contributed by atoms with Gasteiger partial charge in [0.2, 0.25) is 0 Å². The van der Waals surface area contributed by atoms with E-state index in [1.165, 1.54) is 5.56 Å². The molecule has 0 aliphatic heterocycles. The lowest BCUT2D eigenvalue weighted by molar-refractivity contribution is 0.184. The van der Waals surface area contributed by atoms with E-state index in [1.807, 2.05) is 0 Å². The average Bonchev–Trinajstić information content (AvgIpc) is 2.46. The van der Waals surface area contributed by atoms with Crippen molar-refractivity contribution in [2.75, 3.05) is 26.2 Å². The van der Waals surface area contributed by atoms with Crippen molar-refractivity contribution >= 4 is 0 Å². The van der Waals surface area contributed by atoms with Crippen LogP contribution in [-0.4, -0.2) is 42.3 Å². The highest BCUT2D eigenvalue weighted by atomic mass is 16.3. The maximum atomic E-state index is 9.00. The second-order valence-corrected chi connectivity index (χ2v) is 5.52. The van der Waals surface area contributed by atoms with E-state index < -0.39 is 0 Å². The van der Waals surface area contributed by atoms with Crippen molar-refractivity contribution in [2.24, 2.45) is 0 Å². The van der Waals surface area contributed by atoms with Crippen molar-refractivity contribution in [3.8, 4) is 0 Å². The van der Waals surface area contributed by atoms with Crippen LogP contribution in [0.15, 0.2) is 30.3 Å². The maximum absolute atomic E-state index is 9.00. The van der Waals surface area contributed by atoms with Gasteiger partial charge in [-0.05, 0) is 38.8 Å². The van der Waals surface area contributed by atoms with Gasteiger partial charge in [0, 0.05) is 31.8 Å². The molecule has 0 spiro atoms. The normalized spacial score (nSPS) is 13.1. The average molecular weight is 278 g/mol. The number of hydrogen-bond donors (Lipinski definition) is 2. The van der Waals surface area contributed by atoms with E-state index in [0.29, 0.717) is 12.1 Å². The molecule has 1 aromatic rings. The molecule has 0 heterocycles. The quantitative estimate of drug-likeness (QED) is 0.691. The Balaban J connectivity index is 2.56. The maximum Gasteiger partial charge on any atom is 0.0443 e. The minimum absolute atomic E-state index is 0.276. The Morgan fingerprint density at radius 3 is 2.40 bits per heavy atom. The Kier molecular flexibility index (Phi) is 8.51. The lowest BCUT2D eigenvalue weighted by Gasteiger charge is -2.28. The Labute approximate surface area is 124 Å². The molecule has 0 radical (unpaired) electrons. The Morgan fingerprint density at radius 2 is 1.85 bits per heavy atom. The van der Waals surface area contributed by atoms with Gasteiger partial charge in [-0.15, -0.1) is 0 Å². The summed E-state index contributed by atoms with van der Waals surface area (Å²) < 4.78 is 0. The molecule has 0 aromatic heterocycles. The van der Waals surface area contributed by atoms with Gasteiger partial charge in [-0.3, -0.25) is 0 Å². The first-order valence-corrected chi connectivity index (χ1v) is 7.82. The van der Waals surface area contributed by atoms with Crippen LogP contribution >= 0.6 is 0 Å². The summed E-state index contributed by atoms with van der Waals surface area (Å²) in [5, 5.41) is 12.6. The Hall–Kier alpha value is -0.900. The zero-order valence-electron chi connectivity index (χ0n) is 13.2. The van der Waals surface area contributed by atoms with Gasteiger partial charge in [-0.1, -0.05) is 37.3 Å². The molecule has 20 heavy (non-hydrogen) atoms. The van der Waals surface area contributed by atoms with E-state index in [0.717, 1.165) is 32.5 Å². The molecule has 1 rings (SSSR count). The summed E-state index contributed by atoms with van der Waals surface area (Å²) in [7, 11) is 0. The second kappa shape index (κ2) is 9.92. The van der Waals surface area contributed by atoms with E-state index in [9.17, 15) is 0 Å². The van der Waals surface area contributed by atoms with E-state index in [4.69, 9.17) is 5.11 Å². The largest absolute Gasteiger partial charge is 0.396 e. The van der Waals surface area contributed by atoms with Crippen LogP contribution in [0.5, 0.6) is 0 Å². The number of aliphatic hydroxyl groups is 1. The summed E-state index contributed by atoms with van der Waals surface area (Å²) in [5.74, 6) is 0. The van der Waals surface area contributed by atoms with Crippen LogP contribution in [0.1, 0.15) is 45.2 Å². The number of nitrogens with zero attached hydrogens (tertiary/aromatic N) is 1. The van der Waals surface area contributed by atoms with E-state index >= 15 is 0 Å². The minimum Gasteiger partial charge on any atom is -0.396 e. The molecule has 0 saturated carbocycles. The van der Waals surface area contributed by atoms with Crippen molar-refractivity contribution in [3.05, 3.63) is 35.9 Å². The summed E-state index contributed by atoms with van der Waals surface area (Å²) in [4.78, 5) is 2.45. The number of rotatable bonds is 10. The van der Waals surface area contributed by atoms with Crippen LogP contribution in [0.2, 0.25) is 0 Å². The fourth-order valence-electron chi connectivity index (χ4n) is 2.52. The standard InChI is InChI=1S/C17H30N2O/c1-4-18-17(16-9-6-5-7-10-16)11-13-19(15(2)3)12-8-14-20/h5-7,9-10,15,17-18,20H,4,8,11-14H2,1-3H3. The van der Waals surface area contributed by atoms with Crippen molar-refractivity contribution in [3.63, 3.8) is 0 Å². The molecule has 2 N–H and O–H groups in total. The molecule has 0 fully saturated rings. The highest BCUT2D eigenvalue weighted by Crippen LogP contribution is 2.17. The van der Waals surface area contributed by atoms with Crippen molar-refractivity contribution in [1.29, 1.82) is 0 Å². The predicted molar refractivity (Wildman–Crippen MR) is 85.9 cm³/mol. The van der Waals surface area contributed by atoms with Gasteiger partial charge in [0.1, 0.15) is 0 Å². The molecule has 1 aromatic carbocycles. The molecule has 0 aliphatic rings. The van der Waals surface area contributed by atoms with Crippen LogP contribution < -0.4 is 5.32 Å². The molecule has 1 atom stereocenters.